The minimum atomic E-state index is -0.962. The van der Waals surface area contributed by atoms with Crippen LogP contribution in [0.25, 0.3) is 0 Å². The summed E-state index contributed by atoms with van der Waals surface area (Å²) in [5, 5.41) is 14.6. The number of amides is 1. The molecule has 0 unspecified atom stereocenters. The number of aliphatic carboxylic acids is 1. The third-order valence-electron chi connectivity index (χ3n) is 2.54. The molecule has 3 N–H and O–H groups in total. The molecule has 1 aromatic rings. The Bertz CT molecular complexity index is 438. The van der Waals surface area contributed by atoms with Crippen molar-refractivity contribution in [3.63, 3.8) is 0 Å². The third kappa shape index (κ3) is 4.18. The number of carboxylic acids is 1. The summed E-state index contributed by atoms with van der Waals surface area (Å²) in [5.74, 6) is -1.01. The van der Waals surface area contributed by atoms with E-state index in [9.17, 15) is 9.59 Å². The molecule has 0 aliphatic carbocycles. The molecule has 0 aromatic heterocycles. The average Bonchev–Trinajstić information content (AvgIpc) is 2.27. The maximum Gasteiger partial charge on any atom is 0.323 e. The summed E-state index contributed by atoms with van der Waals surface area (Å²) in [4.78, 5) is 21.7. The molecule has 0 radical (unpaired) electrons. The number of benzene rings is 1. The second-order valence-corrected chi connectivity index (χ2v) is 4.66. The number of hydrogen-bond donors (Lipinski definition) is 3. The minimum Gasteiger partial charge on any atom is -0.480 e. The van der Waals surface area contributed by atoms with Crippen LogP contribution >= 0.6 is 0 Å². The Morgan fingerprint density at radius 1 is 1.22 bits per heavy atom. The summed E-state index contributed by atoms with van der Waals surface area (Å²) >= 11 is 0. The van der Waals surface area contributed by atoms with Gasteiger partial charge in [0.15, 0.2) is 0 Å². The van der Waals surface area contributed by atoms with Crippen LogP contribution < -0.4 is 10.6 Å². The molecule has 98 valence electrons. The Balaban J connectivity index is 2.59. The highest BCUT2D eigenvalue weighted by molar-refractivity contribution is 5.88. The summed E-state index contributed by atoms with van der Waals surface area (Å²) in [7, 11) is 0. The van der Waals surface area contributed by atoms with Crippen LogP contribution in [0.5, 0.6) is 0 Å². The molecule has 5 nitrogen and oxygen atoms in total. The maximum atomic E-state index is 10.9. The summed E-state index contributed by atoms with van der Waals surface area (Å²) in [6.07, 6.45) is 0. The first-order valence-corrected chi connectivity index (χ1v) is 5.66. The van der Waals surface area contributed by atoms with Gasteiger partial charge in [-0.1, -0.05) is 12.1 Å². The van der Waals surface area contributed by atoms with Crippen LogP contribution in [0.4, 0.5) is 5.69 Å². The smallest absolute Gasteiger partial charge is 0.323 e. The molecule has 0 aliphatic rings. The molecule has 0 heterocycles. The van der Waals surface area contributed by atoms with Crippen LogP contribution in [0.1, 0.15) is 26.3 Å². The highest BCUT2D eigenvalue weighted by Gasteiger charge is 2.25. The van der Waals surface area contributed by atoms with E-state index in [1.165, 1.54) is 6.92 Å². The average molecular weight is 250 g/mol. The number of rotatable bonds is 5. The molecule has 0 atom stereocenters. The first-order chi connectivity index (χ1) is 8.31. The van der Waals surface area contributed by atoms with Crippen molar-refractivity contribution in [2.75, 3.05) is 5.32 Å². The van der Waals surface area contributed by atoms with E-state index >= 15 is 0 Å². The molecule has 5 heteroatoms. The van der Waals surface area contributed by atoms with Gasteiger partial charge in [0.25, 0.3) is 0 Å². The van der Waals surface area contributed by atoms with E-state index in [-0.39, 0.29) is 5.91 Å². The second kappa shape index (κ2) is 5.64. The quantitative estimate of drug-likeness (QED) is 0.741. The Morgan fingerprint density at radius 3 is 2.22 bits per heavy atom. The SMILES string of the molecule is CC(=O)Nc1ccc(CNC(C)(C)C(=O)O)cc1. The summed E-state index contributed by atoms with van der Waals surface area (Å²) in [5.41, 5.74) is 0.721. The molecule has 0 saturated carbocycles. The molecule has 1 rings (SSSR count). The Hall–Kier alpha value is -1.88. The molecule has 18 heavy (non-hydrogen) atoms. The van der Waals surface area contributed by atoms with Crippen molar-refractivity contribution in [1.29, 1.82) is 0 Å². The first-order valence-electron chi connectivity index (χ1n) is 5.66. The zero-order valence-electron chi connectivity index (χ0n) is 10.8. The third-order valence-corrected chi connectivity index (χ3v) is 2.54. The normalized spacial score (nSPS) is 11.1. The molecule has 0 bridgehead atoms. The topological polar surface area (TPSA) is 78.4 Å². The van der Waals surface area contributed by atoms with E-state index < -0.39 is 11.5 Å². The second-order valence-electron chi connectivity index (χ2n) is 4.66. The van der Waals surface area contributed by atoms with E-state index in [0.29, 0.717) is 6.54 Å². The molecule has 0 fully saturated rings. The van der Waals surface area contributed by atoms with E-state index in [1.54, 1.807) is 26.0 Å². The van der Waals surface area contributed by atoms with Gasteiger partial charge in [-0.15, -0.1) is 0 Å². The van der Waals surface area contributed by atoms with E-state index in [1.807, 2.05) is 12.1 Å². The lowest BCUT2D eigenvalue weighted by atomic mass is 10.1. The molecular weight excluding hydrogens is 232 g/mol. The van der Waals surface area contributed by atoms with Crippen molar-refractivity contribution in [2.24, 2.45) is 0 Å². The monoisotopic (exact) mass is 250 g/mol. The van der Waals surface area contributed by atoms with E-state index in [2.05, 4.69) is 10.6 Å². The van der Waals surface area contributed by atoms with Gasteiger partial charge in [-0.3, -0.25) is 14.9 Å². The van der Waals surface area contributed by atoms with Gasteiger partial charge in [0.1, 0.15) is 5.54 Å². The van der Waals surface area contributed by atoms with Gasteiger partial charge < -0.3 is 10.4 Å². The van der Waals surface area contributed by atoms with E-state index in [0.717, 1.165) is 11.3 Å². The van der Waals surface area contributed by atoms with Gasteiger partial charge in [-0.25, -0.2) is 0 Å². The lowest BCUT2D eigenvalue weighted by Gasteiger charge is -2.21. The van der Waals surface area contributed by atoms with Gasteiger partial charge in [0.2, 0.25) is 5.91 Å². The predicted octanol–water partition coefficient (Wildman–Crippen LogP) is 1.60. The lowest BCUT2D eigenvalue weighted by Crippen LogP contribution is -2.46. The first kappa shape index (κ1) is 14.2. The highest BCUT2D eigenvalue weighted by atomic mass is 16.4. The zero-order chi connectivity index (χ0) is 13.8. The summed E-state index contributed by atoms with van der Waals surface area (Å²) < 4.78 is 0. The van der Waals surface area contributed by atoms with Crippen LogP contribution in [0.3, 0.4) is 0 Å². The Kier molecular flexibility index (Phi) is 4.44. The van der Waals surface area contributed by atoms with Crippen molar-refractivity contribution in [3.8, 4) is 0 Å². The molecule has 1 aromatic carbocycles. The fourth-order valence-electron chi connectivity index (χ4n) is 1.31. The van der Waals surface area contributed by atoms with Crippen LogP contribution in [0.2, 0.25) is 0 Å². The van der Waals surface area contributed by atoms with Crippen LogP contribution in [-0.4, -0.2) is 22.5 Å². The van der Waals surface area contributed by atoms with Gasteiger partial charge in [-0.05, 0) is 31.5 Å². The number of anilines is 1. The number of nitrogens with one attached hydrogen (secondary N) is 2. The zero-order valence-corrected chi connectivity index (χ0v) is 10.8. The van der Waals surface area contributed by atoms with Crippen molar-refractivity contribution in [2.45, 2.75) is 32.9 Å². The Morgan fingerprint density at radius 2 is 1.78 bits per heavy atom. The predicted molar refractivity (Wildman–Crippen MR) is 69.3 cm³/mol. The molecule has 1 amide bonds. The Labute approximate surface area is 106 Å². The largest absolute Gasteiger partial charge is 0.480 e. The van der Waals surface area contributed by atoms with Crippen LogP contribution in [0.15, 0.2) is 24.3 Å². The van der Waals surface area contributed by atoms with Gasteiger partial charge in [-0.2, -0.15) is 0 Å². The minimum absolute atomic E-state index is 0.118. The molecule has 0 saturated heterocycles. The standard InChI is InChI=1S/C13H18N2O3/c1-9(16)15-11-6-4-10(5-7-11)8-14-13(2,3)12(17)18/h4-7,14H,8H2,1-3H3,(H,15,16)(H,17,18). The van der Waals surface area contributed by atoms with Crippen LogP contribution in [0, 0.1) is 0 Å². The van der Waals surface area contributed by atoms with Gasteiger partial charge in [0.05, 0.1) is 0 Å². The number of carbonyl (C=O) groups excluding carboxylic acids is 1. The van der Waals surface area contributed by atoms with E-state index in [4.69, 9.17) is 5.11 Å². The maximum absolute atomic E-state index is 10.9. The molecule has 0 spiro atoms. The fraction of sp³-hybridized carbons (Fsp3) is 0.385. The number of carboxylic acid groups (broad SMARTS) is 1. The number of hydrogen-bond acceptors (Lipinski definition) is 3. The van der Waals surface area contributed by atoms with Crippen LogP contribution in [-0.2, 0) is 16.1 Å². The highest BCUT2D eigenvalue weighted by Crippen LogP contribution is 2.11. The van der Waals surface area contributed by atoms with Gasteiger partial charge in [0, 0.05) is 19.2 Å². The van der Waals surface area contributed by atoms with Crippen molar-refractivity contribution in [3.05, 3.63) is 29.8 Å². The van der Waals surface area contributed by atoms with Gasteiger partial charge >= 0.3 is 5.97 Å². The van der Waals surface area contributed by atoms with Crippen molar-refractivity contribution < 1.29 is 14.7 Å². The van der Waals surface area contributed by atoms with Crippen molar-refractivity contribution in [1.82, 2.24) is 5.32 Å². The van der Waals surface area contributed by atoms with Crippen molar-refractivity contribution >= 4 is 17.6 Å². The fourth-order valence-corrected chi connectivity index (χ4v) is 1.31. The molecular formula is C13H18N2O3. The molecule has 0 aliphatic heterocycles. The lowest BCUT2D eigenvalue weighted by molar-refractivity contribution is -0.143. The summed E-state index contributed by atoms with van der Waals surface area (Å²) in [6.45, 7) is 5.13. The summed E-state index contributed by atoms with van der Waals surface area (Å²) in [6, 6.07) is 7.25. The number of carbonyl (C=O) groups is 2.